The van der Waals surface area contributed by atoms with E-state index in [2.05, 4.69) is 20.8 Å². The van der Waals surface area contributed by atoms with Crippen LogP contribution < -0.4 is 10.6 Å². The van der Waals surface area contributed by atoms with E-state index in [4.69, 9.17) is 4.52 Å². The van der Waals surface area contributed by atoms with Gasteiger partial charge in [0, 0.05) is 33.3 Å². The molecule has 1 aromatic rings. The standard InChI is InChI=1S/C18H31N5O2/c1-5-14-11-15(25-22-14)12-20-17(19-6-2)21-13-18(9-7-8-10-18)16(24)23(3)4/h11H,5-10,12-13H2,1-4H3,(H2,19,20,21). The van der Waals surface area contributed by atoms with Crippen LogP contribution in [0.3, 0.4) is 0 Å². The zero-order chi connectivity index (χ0) is 18.3. The number of guanidine groups is 1. The number of aromatic nitrogens is 1. The van der Waals surface area contributed by atoms with Gasteiger partial charge in [0.2, 0.25) is 5.91 Å². The van der Waals surface area contributed by atoms with E-state index in [1.165, 1.54) is 0 Å². The summed E-state index contributed by atoms with van der Waals surface area (Å²) in [4.78, 5) is 18.9. The second kappa shape index (κ2) is 8.87. The summed E-state index contributed by atoms with van der Waals surface area (Å²) in [5.74, 6) is 1.65. The third-order valence-corrected chi connectivity index (χ3v) is 4.72. The molecule has 0 saturated heterocycles. The van der Waals surface area contributed by atoms with E-state index in [1.54, 1.807) is 4.90 Å². The lowest BCUT2D eigenvalue weighted by Crippen LogP contribution is -2.49. The van der Waals surface area contributed by atoms with Gasteiger partial charge in [-0.1, -0.05) is 24.9 Å². The van der Waals surface area contributed by atoms with Gasteiger partial charge in [-0.15, -0.1) is 0 Å². The highest BCUT2D eigenvalue weighted by atomic mass is 16.5. The molecule has 0 radical (unpaired) electrons. The average molecular weight is 349 g/mol. The average Bonchev–Trinajstić information content (AvgIpc) is 3.26. The van der Waals surface area contributed by atoms with Crippen molar-refractivity contribution in [3.8, 4) is 0 Å². The molecule has 1 aromatic heterocycles. The summed E-state index contributed by atoms with van der Waals surface area (Å²) < 4.78 is 5.28. The predicted octanol–water partition coefficient (Wildman–Crippen LogP) is 1.94. The molecule has 0 bridgehead atoms. The van der Waals surface area contributed by atoms with Crippen molar-refractivity contribution in [3.63, 3.8) is 0 Å². The number of nitrogens with zero attached hydrogens (tertiary/aromatic N) is 3. The smallest absolute Gasteiger partial charge is 0.230 e. The molecule has 0 atom stereocenters. The van der Waals surface area contributed by atoms with Crippen LogP contribution in [0, 0.1) is 5.41 Å². The molecule has 1 fully saturated rings. The topological polar surface area (TPSA) is 82.8 Å². The lowest BCUT2D eigenvalue weighted by molar-refractivity contribution is -0.138. The minimum atomic E-state index is -0.318. The molecule has 0 spiro atoms. The molecular formula is C18H31N5O2. The van der Waals surface area contributed by atoms with Gasteiger partial charge in [0.1, 0.15) is 6.54 Å². The predicted molar refractivity (Wildman–Crippen MR) is 98.3 cm³/mol. The zero-order valence-corrected chi connectivity index (χ0v) is 15.9. The molecule has 140 valence electrons. The van der Waals surface area contributed by atoms with Crippen molar-refractivity contribution < 1.29 is 9.32 Å². The van der Waals surface area contributed by atoms with Gasteiger partial charge in [0.15, 0.2) is 11.7 Å². The first-order valence-corrected chi connectivity index (χ1v) is 9.19. The minimum Gasteiger partial charge on any atom is -0.359 e. The molecule has 2 N–H and O–H groups in total. The second-order valence-corrected chi connectivity index (χ2v) is 6.87. The van der Waals surface area contributed by atoms with Crippen molar-refractivity contribution in [2.75, 3.05) is 27.2 Å². The van der Waals surface area contributed by atoms with Gasteiger partial charge in [-0.25, -0.2) is 4.99 Å². The number of amides is 1. The fourth-order valence-electron chi connectivity index (χ4n) is 3.34. The normalized spacial score (nSPS) is 16.7. The Morgan fingerprint density at radius 1 is 1.32 bits per heavy atom. The molecule has 7 nitrogen and oxygen atoms in total. The fraction of sp³-hybridized carbons (Fsp3) is 0.722. The number of carbonyl (C=O) groups is 1. The number of nitrogens with one attached hydrogen (secondary N) is 2. The van der Waals surface area contributed by atoms with E-state index in [9.17, 15) is 4.79 Å². The Hall–Kier alpha value is -2.05. The number of aryl methyl sites for hydroxylation is 1. The van der Waals surface area contributed by atoms with Crippen LogP contribution in [0.2, 0.25) is 0 Å². The monoisotopic (exact) mass is 349 g/mol. The Labute approximate surface area is 150 Å². The summed E-state index contributed by atoms with van der Waals surface area (Å²) >= 11 is 0. The summed E-state index contributed by atoms with van der Waals surface area (Å²) in [5.41, 5.74) is 0.617. The van der Waals surface area contributed by atoms with Crippen molar-refractivity contribution in [2.45, 2.75) is 52.5 Å². The zero-order valence-electron chi connectivity index (χ0n) is 15.9. The molecule has 1 amide bonds. The van der Waals surface area contributed by atoms with Crippen LogP contribution in [-0.2, 0) is 17.8 Å². The van der Waals surface area contributed by atoms with Gasteiger partial charge >= 0.3 is 0 Å². The first-order valence-electron chi connectivity index (χ1n) is 9.19. The number of rotatable bonds is 7. The van der Waals surface area contributed by atoms with Crippen molar-refractivity contribution in [2.24, 2.45) is 10.4 Å². The van der Waals surface area contributed by atoms with Crippen LogP contribution in [-0.4, -0.2) is 49.1 Å². The number of hydrogen-bond acceptors (Lipinski definition) is 4. The van der Waals surface area contributed by atoms with Gasteiger partial charge in [-0.3, -0.25) is 4.79 Å². The van der Waals surface area contributed by atoms with Crippen molar-refractivity contribution >= 4 is 11.9 Å². The number of carbonyl (C=O) groups excluding carboxylic acids is 1. The van der Waals surface area contributed by atoms with Crippen LogP contribution in [0.25, 0.3) is 0 Å². The molecule has 1 aliphatic rings. The summed E-state index contributed by atoms with van der Waals surface area (Å²) in [6.45, 7) is 5.86. The van der Waals surface area contributed by atoms with Gasteiger partial charge in [-0.2, -0.15) is 0 Å². The maximum absolute atomic E-state index is 12.7. The Balaban J connectivity index is 2.01. The Morgan fingerprint density at radius 3 is 2.60 bits per heavy atom. The highest BCUT2D eigenvalue weighted by molar-refractivity contribution is 5.85. The van der Waals surface area contributed by atoms with E-state index in [1.807, 2.05) is 34.0 Å². The molecule has 1 saturated carbocycles. The highest BCUT2D eigenvalue weighted by Gasteiger charge is 2.42. The molecule has 1 aliphatic carbocycles. The summed E-state index contributed by atoms with van der Waals surface area (Å²) in [5, 5.41) is 10.6. The number of aliphatic imine (C=N–C) groups is 1. The molecule has 2 rings (SSSR count). The lowest BCUT2D eigenvalue weighted by atomic mass is 9.84. The Kier molecular flexibility index (Phi) is 6.84. The molecule has 0 aliphatic heterocycles. The molecule has 0 unspecified atom stereocenters. The molecule has 7 heteroatoms. The Bertz CT molecular complexity index is 588. The van der Waals surface area contributed by atoms with Crippen LogP contribution in [0.5, 0.6) is 0 Å². The summed E-state index contributed by atoms with van der Waals surface area (Å²) in [6.07, 6.45) is 4.91. The third-order valence-electron chi connectivity index (χ3n) is 4.72. The van der Waals surface area contributed by atoms with Crippen LogP contribution in [0.15, 0.2) is 15.6 Å². The van der Waals surface area contributed by atoms with E-state index in [-0.39, 0.29) is 11.3 Å². The maximum atomic E-state index is 12.7. The highest BCUT2D eigenvalue weighted by Crippen LogP contribution is 2.38. The van der Waals surface area contributed by atoms with Gasteiger partial charge in [0.25, 0.3) is 0 Å². The molecule has 25 heavy (non-hydrogen) atoms. The van der Waals surface area contributed by atoms with Crippen LogP contribution in [0.4, 0.5) is 0 Å². The maximum Gasteiger partial charge on any atom is 0.230 e. The third kappa shape index (κ3) is 4.96. The summed E-state index contributed by atoms with van der Waals surface area (Å²) in [6, 6.07) is 1.93. The van der Waals surface area contributed by atoms with E-state index >= 15 is 0 Å². The Morgan fingerprint density at radius 2 is 2.04 bits per heavy atom. The van der Waals surface area contributed by atoms with Crippen molar-refractivity contribution in [1.29, 1.82) is 0 Å². The van der Waals surface area contributed by atoms with Gasteiger partial charge in [0.05, 0.1) is 11.1 Å². The molecule has 1 heterocycles. The first kappa shape index (κ1) is 19.3. The van der Waals surface area contributed by atoms with Crippen molar-refractivity contribution in [1.82, 2.24) is 20.7 Å². The van der Waals surface area contributed by atoms with Crippen LogP contribution >= 0.6 is 0 Å². The van der Waals surface area contributed by atoms with E-state index in [0.717, 1.165) is 50.1 Å². The molecular weight excluding hydrogens is 318 g/mol. The fourth-order valence-corrected chi connectivity index (χ4v) is 3.34. The summed E-state index contributed by atoms with van der Waals surface area (Å²) in [7, 11) is 3.66. The van der Waals surface area contributed by atoms with E-state index < -0.39 is 0 Å². The number of hydrogen-bond donors (Lipinski definition) is 2. The van der Waals surface area contributed by atoms with Gasteiger partial charge in [-0.05, 0) is 26.2 Å². The minimum absolute atomic E-state index is 0.205. The second-order valence-electron chi connectivity index (χ2n) is 6.87. The van der Waals surface area contributed by atoms with Crippen LogP contribution in [0.1, 0.15) is 51.0 Å². The van der Waals surface area contributed by atoms with Gasteiger partial charge < -0.3 is 20.1 Å². The SMILES string of the molecule is CCNC(=NCc1cc(CC)no1)NCC1(C(=O)N(C)C)CCCC1. The lowest BCUT2D eigenvalue weighted by Gasteiger charge is -2.31. The largest absolute Gasteiger partial charge is 0.359 e. The van der Waals surface area contributed by atoms with E-state index in [0.29, 0.717) is 19.0 Å². The first-order chi connectivity index (χ1) is 12.0. The molecule has 0 aromatic carbocycles. The van der Waals surface area contributed by atoms with Crippen molar-refractivity contribution in [3.05, 3.63) is 17.5 Å². The quantitative estimate of drug-likeness (QED) is 0.581.